The van der Waals surface area contributed by atoms with Crippen LogP contribution in [0.2, 0.25) is 0 Å². The number of anilines is 3. The SMILES string of the molecule is COC(=O)[C@H]1C[C@@H](C2CCCCC2)CN(c2nc(C)cc(Nc3ncc(C#N)s3)n2)C1. The quantitative estimate of drug-likeness (QED) is 0.694. The third kappa shape index (κ3) is 5.13. The molecule has 2 aromatic rings. The van der Waals surface area contributed by atoms with E-state index in [9.17, 15) is 4.79 Å². The summed E-state index contributed by atoms with van der Waals surface area (Å²) in [4.78, 5) is 28.7. The molecule has 0 unspecified atom stereocenters. The maximum Gasteiger partial charge on any atom is 0.310 e. The Bertz CT molecular complexity index is 965. The molecule has 164 valence electrons. The third-order valence-corrected chi connectivity index (χ3v) is 7.13. The summed E-state index contributed by atoms with van der Waals surface area (Å²) < 4.78 is 5.10. The minimum absolute atomic E-state index is 0.150. The number of thiazole rings is 1. The van der Waals surface area contributed by atoms with Crippen LogP contribution < -0.4 is 10.2 Å². The molecule has 2 atom stereocenters. The van der Waals surface area contributed by atoms with Crippen LogP contribution in [0.25, 0.3) is 0 Å². The number of nitrogens with zero attached hydrogens (tertiary/aromatic N) is 5. The lowest BCUT2D eigenvalue weighted by Crippen LogP contribution is -2.46. The van der Waals surface area contributed by atoms with Crippen LogP contribution in [0, 0.1) is 36.0 Å². The molecule has 31 heavy (non-hydrogen) atoms. The lowest BCUT2D eigenvalue weighted by atomic mass is 9.74. The van der Waals surface area contributed by atoms with Crippen LogP contribution in [0.1, 0.15) is 49.1 Å². The third-order valence-electron chi connectivity index (χ3n) is 6.31. The highest BCUT2D eigenvalue weighted by Crippen LogP contribution is 2.38. The first kappa shape index (κ1) is 21.5. The Balaban J connectivity index is 1.57. The first-order chi connectivity index (χ1) is 15.1. The Morgan fingerprint density at radius 3 is 2.77 bits per heavy atom. The fraction of sp³-hybridized carbons (Fsp3) is 0.591. The number of nitriles is 1. The van der Waals surface area contributed by atoms with E-state index < -0.39 is 0 Å². The van der Waals surface area contributed by atoms with E-state index in [1.807, 2.05) is 13.0 Å². The number of methoxy groups -OCH3 is 1. The number of piperidine rings is 1. The van der Waals surface area contributed by atoms with Gasteiger partial charge in [-0.2, -0.15) is 10.2 Å². The number of rotatable bonds is 5. The molecule has 1 saturated heterocycles. The van der Waals surface area contributed by atoms with Gasteiger partial charge in [-0.1, -0.05) is 43.4 Å². The van der Waals surface area contributed by atoms with Gasteiger partial charge in [-0.15, -0.1) is 0 Å². The molecule has 0 radical (unpaired) electrons. The van der Waals surface area contributed by atoms with Crippen molar-refractivity contribution in [3.8, 4) is 6.07 Å². The Hall–Kier alpha value is -2.73. The van der Waals surface area contributed by atoms with Crippen LogP contribution in [0.3, 0.4) is 0 Å². The maximum absolute atomic E-state index is 12.4. The van der Waals surface area contributed by atoms with E-state index in [0.29, 0.717) is 40.2 Å². The molecule has 8 nitrogen and oxygen atoms in total. The van der Waals surface area contributed by atoms with Gasteiger partial charge in [-0.05, 0) is 25.2 Å². The highest BCUT2D eigenvalue weighted by molar-refractivity contribution is 7.16. The van der Waals surface area contributed by atoms with Crippen molar-refractivity contribution in [1.82, 2.24) is 15.0 Å². The summed E-state index contributed by atoms with van der Waals surface area (Å²) in [6.07, 6.45) is 8.75. The number of ether oxygens (including phenoxy) is 1. The second-order valence-electron chi connectivity index (χ2n) is 8.48. The van der Waals surface area contributed by atoms with Crippen molar-refractivity contribution >= 4 is 34.2 Å². The van der Waals surface area contributed by atoms with Crippen molar-refractivity contribution in [1.29, 1.82) is 5.26 Å². The molecular formula is C22H28N6O2S. The summed E-state index contributed by atoms with van der Waals surface area (Å²) in [5.41, 5.74) is 0.832. The Labute approximate surface area is 186 Å². The molecular weight excluding hydrogens is 412 g/mol. The number of hydrogen-bond acceptors (Lipinski definition) is 9. The molecule has 3 heterocycles. The fourth-order valence-electron chi connectivity index (χ4n) is 4.84. The molecule has 1 N–H and O–H groups in total. The zero-order valence-electron chi connectivity index (χ0n) is 18.0. The van der Waals surface area contributed by atoms with Gasteiger partial charge >= 0.3 is 5.97 Å². The minimum atomic E-state index is -0.164. The molecule has 1 aliphatic heterocycles. The molecule has 4 rings (SSSR count). The lowest BCUT2D eigenvalue weighted by Gasteiger charge is -2.41. The molecule has 1 saturated carbocycles. The number of aromatic nitrogens is 3. The summed E-state index contributed by atoms with van der Waals surface area (Å²) in [5.74, 6) is 2.03. The van der Waals surface area contributed by atoms with Gasteiger partial charge in [0.25, 0.3) is 0 Å². The number of carbonyl (C=O) groups excluding carboxylic acids is 1. The molecule has 1 aliphatic carbocycles. The smallest absolute Gasteiger partial charge is 0.310 e. The average Bonchev–Trinajstić information content (AvgIpc) is 3.26. The minimum Gasteiger partial charge on any atom is -0.469 e. The fourth-order valence-corrected chi connectivity index (χ4v) is 5.46. The Morgan fingerprint density at radius 2 is 2.06 bits per heavy atom. The molecule has 0 bridgehead atoms. The number of hydrogen-bond donors (Lipinski definition) is 1. The summed E-state index contributed by atoms with van der Waals surface area (Å²) in [5, 5.41) is 12.8. The van der Waals surface area contributed by atoms with Crippen molar-refractivity contribution in [2.45, 2.75) is 45.4 Å². The van der Waals surface area contributed by atoms with Gasteiger partial charge in [0, 0.05) is 24.8 Å². The topological polar surface area (TPSA) is 104 Å². The van der Waals surface area contributed by atoms with Gasteiger partial charge in [0.1, 0.15) is 16.8 Å². The van der Waals surface area contributed by atoms with Crippen molar-refractivity contribution in [3.63, 3.8) is 0 Å². The van der Waals surface area contributed by atoms with Crippen LogP contribution >= 0.6 is 11.3 Å². The van der Waals surface area contributed by atoms with E-state index in [2.05, 4.69) is 26.3 Å². The van der Waals surface area contributed by atoms with E-state index in [0.717, 1.165) is 18.7 Å². The first-order valence-electron chi connectivity index (χ1n) is 10.9. The molecule has 2 aliphatic rings. The summed E-state index contributed by atoms with van der Waals surface area (Å²) >= 11 is 1.28. The van der Waals surface area contributed by atoms with Gasteiger partial charge in [0.05, 0.1) is 19.2 Å². The van der Waals surface area contributed by atoms with Gasteiger partial charge in [-0.25, -0.2) is 9.97 Å². The molecule has 2 fully saturated rings. The van der Waals surface area contributed by atoms with Crippen molar-refractivity contribution < 1.29 is 9.53 Å². The lowest BCUT2D eigenvalue weighted by molar-refractivity contribution is -0.146. The van der Waals surface area contributed by atoms with Gasteiger partial charge < -0.3 is 15.0 Å². The Kier molecular flexibility index (Phi) is 6.66. The standard InChI is InChI=1S/C22H28N6O2S/c1-14-8-19(27-22-24-11-18(10-23)31-22)26-21(25-14)28-12-16(15-6-4-3-5-7-15)9-17(13-28)20(29)30-2/h8,11,15-17H,3-7,9,12-13H2,1-2H3,(H,24,25,26,27)/t16-,17+/m1/s1. The average molecular weight is 441 g/mol. The van der Waals surface area contributed by atoms with Gasteiger partial charge in [0.2, 0.25) is 5.95 Å². The highest BCUT2D eigenvalue weighted by Gasteiger charge is 2.37. The monoisotopic (exact) mass is 440 g/mol. The molecule has 2 aromatic heterocycles. The zero-order chi connectivity index (χ0) is 21.8. The number of esters is 1. The second-order valence-corrected chi connectivity index (χ2v) is 9.51. The summed E-state index contributed by atoms with van der Waals surface area (Å²) in [6.45, 7) is 3.35. The van der Waals surface area contributed by atoms with Crippen molar-refractivity contribution in [2.75, 3.05) is 30.4 Å². The van der Waals surface area contributed by atoms with Crippen LogP contribution in [0.4, 0.5) is 16.9 Å². The van der Waals surface area contributed by atoms with Gasteiger partial charge in [0.15, 0.2) is 5.13 Å². The summed E-state index contributed by atoms with van der Waals surface area (Å²) in [7, 11) is 1.46. The normalized spacial score (nSPS) is 22.0. The number of aryl methyl sites for hydroxylation is 1. The second kappa shape index (κ2) is 9.60. The van der Waals surface area contributed by atoms with E-state index in [1.54, 1.807) is 6.20 Å². The zero-order valence-corrected chi connectivity index (χ0v) is 18.8. The van der Waals surface area contributed by atoms with E-state index in [-0.39, 0.29) is 11.9 Å². The molecule has 9 heteroatoms. The van der Waals surface area contributed by atoms with Crippen molar-refractivity contribution in [2.24, 2.45) is 17.8 Å². The van der Waals surface area contributed by atoms with Crippen LogP contribution in [-0.4, -0.2) is 41.1 Å². The Morgan fingerprint density at radius 1 is 1.26 bits per heavy atom. The molecule has 0 amide bonds. The van der Waals surface area contributed by atoms with E-state index >= 15 is 0 Å². The van der Waals surface area contributed by atoms with Crippen LogP contribution in [0.5, 0.6) is 0 Å². The van der Waals surface area contributed by atoms with Crippen LogP contribution in [0.15, 0.2) is 12.3 Å². The first-order valence-corrected chi connectivity index (χ1v) is 11.7. The van der Waals surface area contributed by atoms with Crippen molar-refractivity contribution in [3.05, 3.63) is 22.8 Å². The van der Waals surface area contributed by atoms with Crippen LogP contribution in [-0.2, 0) is 9.53 Å². The van der Waals surface area contributed by atoms with E-state index in [1.165, 1.54) is 50.6 Å². The predicted molar refractivity (Wildman–Crippen MR) is 119 cm³/mol. The van der Waals surface area contributed by atoms with E-state index in [4.69, 9.17) is 15.0 Å². The largest absolute Gasteiger partial charge is 0.469 e. The number of nitrogens with one attached hydrogen (secondary N) is 1. The maximum atomic E-state index is 12.4. The van der Waals surface area contributed by atoms with Gasteiger partial charge in [-0.3, -0.25) is 4.79 Å². The summed E-state index contributed by atoms with van der Waals surface area (Å²) in [6, 6.07) is 3.95. The molecule has 0 aromatic carbocycles. The predicted octanol–water partition coefficient (Wildman–Crippen LogP) is 4.05. The highest BCUT2D eigenvalue weighted by atomic mass is 32.1. The number of carbonyl (C=O) groups is 1. The molecule has 0 spiro atoms.